The third-order valence-corrected chi connectivity index (χ3v) is 3.75. The van der Waals surface area contributed by atoms with Crippen LogP contribution in [0.5, 0.6) is 0 Å². The smallest absolute Gasteiger partial charge is 0.393 e. The topological polar surface area (TPSA) is 47.3 Å². The van der Waals surface area contributed by atoms with Crippen molar-refractivity contribution in [1.82, 2.24) is 0 Å². The monoisotopic (exact) mass is 298 g/mol. The largest absolute Gasteiger partial charge is 0.417 e. The first-order chi connectivity index (χ1) is 9.82. The number of aliphatic hydroxyl groups excluding tert-OH is 1. The summed E-state index contributed by atoms with van der Waals surface area (Å²) in [6.45, 7) is 2.34. The van der Waals surface area contributed by atoms with Crippen LogP contribution in [-0.2, 0) is 6.18 Å². The van der Waals surface area contributed by atoms with E-state index in [1.54, 1.807) is 19.1 Å². The second-order valence-corrected chi connectivity index (χ2v) is 5.41. The molecule has 114 valence electrons. The summed E-state index contributed by atoms with van der Waals surface area (Å²) in [7, 11) is 0. The van der Waals surface area contributed by atoms with E-state index < -0.39 is 17.8 Å². The Morgan fingerprint density at radius 3 is 2.76 bits per heavy atom. The Morgan fingerprint density at radius 1 is 1.48 bits per heavy atom. The molecule has 0 aliphatic carbocycles. The number of hydrogen-bond acceptors (Lipinski definition) is 3. The molecular weight excluding hydrogens is 281 g/mol. The zero-order chi connectivity index (χ0) is 15.6. The number of nitrogens with zero attached hydrogens (tertiary/aromatic N) is 2. The van der Waals surface area contributed by atoms with E-state index in [4.69, 9.17) is 5.26 Å². The van der Waals surface area contributed by atoms with Crippen LogP contribution in [0, 0.1) is 11.3 Å². The highest BCUT2D eigenvalue weighted by atomic mass is 19.4. The first-order valence-electron chi connectivity index (χ1n) is 6.89. The molecule has 1 aliphatic rings. The molecule has 21 heavy (non-hydrogen) atoms. The van der Waals surface area contributed by atoms with Gasteiger partial charge in [0.2, 0.25) is 0 Å². The van der Waals surface area contributed by atoms with Gasteiger partial charge in [0.25, 0.3) is 0 Å². The van der Waals surface area contributed by atoms with Gasteiger partial charge in [0.15, 0.2) is 0 Å². The molecule has 1 fully saturated rings. The maximum Gasteiger partial charge on any atom is 0.417 e. The molecule has 1 aromatic carbocycles. The van der Waals surface area contributed by atoms with Gasteiger partial charge in [-0.3, -0.25) is 0 Å². The fourth-order valence-electron chi connectivity index (χ4n) is 2.86. The van der Waals surface area contributed by atoms with Crippen molar-refractivity contribution in [2.45, 2.75) is 44.5 Å². The molecule has 2 atom stereocenters. The van der Waals surface area contributed by atoms with Gasteiger partial charge in [-0.05, 0) is 44.4 Å². The molecule has 1 heterocycles. The summed E-state index contributed by atoms with van der Waals surface area (Å²) in [5.41, 5.74) is -0.799. The van der Waals surface area contributed by atoms with Gasteiger partial charge in [-0.2, -0.15) is 18.4 Å². The second kappa shape index (κ2) is 5.94. The molecule has 1 aromatic rings. The standard InChI is InChI=1S/C15H17F3N2O/c1-10(21)7-12-3-2-6-20(12)13-5-4-11(9-19)14(8-13)15(16,17)18/h4-5,8,10,12,21H,2-3,6-7H2,1H3. The Morgan fingerprint density at radius 2 is 2.19 bits per heavy atom. The first-order valence-corrected chi connectivity index (χ1v) is 6.89. The third kappa shape index (κ3) is 3.48. The Balaban J connectivity index is 2.34. The summed E-state index contributed by atoms with van der Waals surface area (Å²) in [4.78, 5) is 1.89. The molecule has 0 bridgehead atoms. The lowest BCUT2D eigenvalue weighted by atomic mass is 10.0. The highest BCUT2D eigenvalue weighted by Crippen LogP contribution is 2.36. The van der Waals surface area contributed by atoms with E-state index in [2.05, 4.69) is 0 Å². The molecule has 2 rings (SSSR count). The number of anilines is 1. The molecule has 0 saturated carbocycles. The average Bonchev–Trinajstić information content (AvgIpc) is 2.84. The molecule has 2 unspecified atom stereocenters. The van der Waals surface area contributed by atoms with Crippen molar-refractivity contribution in [3.63, 3.8) is 0 Å². The van der Waals surface area contributed by atoms with Gasteiger partial charge in [0.05, 0.1) is 23.3 Å². The minimum Gasteiger partial charge on any atom is -0.393 e. The minimum atomic E-state index is -4.54. The third-order valence-electron chi connectivity index (χ3n) is 3.75. The summed E-state index contributed by atoms with van der Waals surface area (Å²) in [6.07, 6.45) is -2.76. The van der Waals surface area contributed by atoms with Crippen molar-refractivity contribution in [2.75, 3.05) is 11.4 Å². The SMILES string of the molecule is CC(O)CC1CCCN1c1ccc(C#N)c(C(F)(F)F)c1. The van der Waals surface area contributed by atoms with Gasteiger partial charge >= 0.3 is 6.18 Å². The fourth-order valence-corrected chi connectivity index (χ4v) is 2.86. The van der Waals surface area contributed by atoms with Crippen molar-refractivity contribution < 1.29 is 18.3 Å². The summed E-state index contributed by atoms with van der Waals surface area (Å²) >= 11 is 0. The Kier molecular flexibility index (Phi) is 4.43. The van der Waals surface area contributed by atoms with E-state index >= 15 is 0 Å². The van der Waals surface area contributed by atoms with Gasteiger partial charge < -0.3 is 10.0 Å². The summed E-state index contributed by atoms with van der Waals surface area (Å²) in [5, 5.41) is 18.3. The number of hydrogen-bond donors (Lipinski definition) is 1. The van der Waals surface area contributed by atoms with Crippen LogP contribution in [0.25, 0.3) is 0 Å². The van der Waals surface area contributed by atoms with Crippen molar-refractivity contribution in [1.29, 1.82) is 5.26 Å². The van der Waals surface area contributed by atoms with Crippen LogP contribution >= 0.6 is 0 Å². The maximum absolute atomic E-state index is 13.0. The molecule has 0 radical (unpaired) electrons. The van der Waals surface area contributed by atoms with Crippen molar-refractivity contribution in [3.8, 4) is 6.07 Å². The molecule has 0 amide bonds. The fraction of sp³-hybridized carbons (Fsp3) is 0.533. The van der Waals surface area contributed by atoms with Crippen LogP contribution in [0.3, 0.4) is 0 Å². The molecule has 0 spiro atoms. The van der Waals surface area contributed by atoms with Gasteiger partial charge in [-0.25, -0.2) is 0 Å². The lowest BCUT2D eigenvalue weighted by molar-refractivity contribution is -0.137. The Hall–Kier alpha value is -1.74. The highest BCUT2D eigenvalue weighted by molar-refractivity contribution is 5.56. The van der Waals surface area contributed by atoms with Crippen LogP contribution in [0.2, 0.25) is 0 Å². The quantitative estimate of drug-likeness (QED) is 0.931. The number of halogens is 3. The predicted molar refractivity (Wildman–Crippen MR) is 72.8 cm³/mol. The van der Waals surface area contributed by atoms with Gasteiger partial charge in [0.1, 0.15) is 0 Å². The van der Waals surface area contributed by atoms with E-state index in [1.165, 1.54) is 6.07 Å². The average molecular weight is 298 g/mol. The van der Waals surface area contributed by atoms with Crippen molar-refractivity contribution in [3.05, 3.63) is 29.3 Å². The molecular formula is C15H17F3N2O. The zero-order valence-electron chi connectivity index (χ0n) is 11.7. The molecule has 1 saturated heterocycles. The number of benzene rings is 1. The molecule has 3 nitrogen and oxygen atoms in total. The van der Waals surface area contributed by atoms with E-state index in [1.807, 2.05) is 4.90 Å². The highest BCUT2D eigenvalue weighted by Gasteiger charge is 2.35. The summed E-state index contributed by atoms with van der Waals surface area (Å²) in [5.74, 6) is 0. The number of rotatable bonds is 3. The van der Waals surface area contributed by atoms with Crippen molar-refractivity contribution >= 4 is 5.69 Å². The normalized spacial score (nSPS) is 20.4. The van der Waals surface area contributed by atoms with E-state index in [-0.39, 0.29) is 11.6 Å². The van der Waals surface area contributed by atoms with Crippen LogP contribution in [0.15, 0.2) is 18.2 Å². The molecule has 1 aliphatic heterocycles. The predicted octanol–water partition coefficient (Wildman–Crippen LogP) is 3.32. The second-order valence-electron chi connectivity index (χ2n) is 5.41. The number of nitriles is 1. The van der Waals surface area contributed by atoms with Crippen LogP contribution < -0.4 is 4.90 Å². The van der Waals surface area contributed by atoms with Crippen LogP contribution in [0.1, 0.15) is 37.3 Å². The molecule has 6 heteroatoms. The summed E-state index contributed by atoms with van der Waals surface area (Å²) < 4.78 is 39.0. The van der Waals surface area contributed by atoms with Gasteiger partial charge in [-0.1, -0.05) is 0 Å². The summed E-state index contributed by atoms with van der Waals surface area (Å²) in [6, 6.07) is 5.43. The first kappa shape index (κ1) is 15.6. The van der Waals surface area contributed by atoms with Crippen molar-refractivity contribution in [2.24, 2.45) is 0 Å². The van der Waals surface area contributed by atoms with E-state index in [9.17, 15) is 18.3 Å². The maximum atomic E-state index is 13.0. The van der Waals surface area contributed by atoms with Crippen LogP contribution in [-0.4, -0.2) is 23.8 Å². The van der Waals surface area contributed by atoms with E-state index in [0.29, 0.717) is 18.7 Å². The minimum absolute atomic E-state index is 0.0408. The Labute approximate surface area is 121 Å². The van der Waals surface area contributed by atoms with Crippen LogP contribution in [0.4, 0.5) is 18.9 Å². The van der Waals surface area contributed by atoms with Gasteiger partial charge in [0, 0.05) is 18.3 Å². The zero-order valence-corrected chi connectivity index (χ0v) is 11.7. The molecule has 1 N–H and O–H groups in total. The van der Waals surface area contributed by atoms with E-state index in [0.717, 1.165) is 18.9 Å². The molecule has 0 aromatic heterocycles. The Bertz CT molecular complexity index is 549. The lowest BCUT2D eigenvalue weighted by Crippen LogP contribution is -2.32. The van der Waals surface area contributed by atoms with Gasteiger partial charge in [-0.15, -0.1) is 0 Å². The number of alkyl halides is 3. The number of aliphatic hydroxyl groups is 1. The lowest BCUT2D eigenvalue weighted by Gasteiger charge is -2.28.